The molecule has 1 unspecified atom stereocenters. The number of aromatic nitrogens is 3. The average molecular weight is 248 g/mol. The molecule has 1 aromatic rings. The SMILES string of the molecule is CCCc1nnc(Cl)n1C(CC)CSC. The van der Waals surface area contributed by atoms with Gasteiger partial charge in [0.2, 0.25) is 5.28 Å². The average Bonchev–Trinajstić information content (AvgIpc) is 2.58. The van der Waals surface area contributed by atoms with E-state index >= 15 is 0 Å². The molecule has 5 heteroatoms. The molecule has 86 valence electrons. The Kier molecular flexibility index (Phi) is 5.47. The molecule has 15 heavy (non-hydrogen) atoms. The summed E-state index contributed by atoms with van der Waals surface area (Å²) in [5, 5.41) is 8.61. The van der Waals surface area contributed by atoms with E-state index in [0.29, 0.717) is 11.3 Å². The van der Waals surface area contributed by atoms with E-state index < -0.39 is 0 Å². The lowest BCUT2D eigenvalue weighted by molar-refractivity contribution is 0.514. The van der Waals surface area contributed by atoms with Crippen LogP contribution in [-0.4, -0.2) is 26.8 Å². The quantitative estimate of drug-likeness (QED) is 0.774. The number of nitrogens with zero attached hydrogens (tertiary/aromatic N) is 3. The minimum Gasteiger partial charge on any atom is -0.298 e. The van der Waals surface area contributed by atoms with Crippen LogP contribution in [0.3, 0.4) is 0 Å². The molecular formula is C10H18ClN3S. The number of halogens is 1. The molecule has 1 rings (SSSR count). The van der Waals surface area contributed by atoms with Crippen LogP contribution < -0.4 is 0 Å². The number of rotatable bonds is 6. The summed E-state index contributed by atoms with van der Waals surface area (Å²) < 4.78 is 2.08. The van der Waals surface area contributed by atoms with Crippen LogP contribution in [0.1, 0.15) is 38.6 Å². The van der Waals surface area contributed by atoms with E-state index in [4.69, 9.17) is 11.6 Å². The summed E-state index contributed by atoms with van der Waals surface area (Å²) in [6.45, 7) is 4.31. The molecule has 0 amide bonds. The van der Waals surface area contributed by atoms with Crippen molar-refractivity contribution < 1.29 is 0 Å². The van der Waals surface area contributed by atoms with Gasteiger partial charge in [0.25, 0.3) is 0 Å². The van der Waals surface area contributed by atoms with Gasteiger partial charge in [0.15, 0.2) is 0 Å². The Balaban J connectivity index is 2.92. The molecule has 0 aromatic carbocycles. The van der Waals surface area contributed by atoms with Crippen molar-refractivity contribution in [1.29, 1.82) is 0 Å². The molecular weight excluding hydrogens is 230 g/mol. The highest BCUT2D eigenvalue weighted by molar-refractivity contribution is 7.98. The first kappa shape index (κ1) is 12.8. The predicted octanol–water partition coefficient (Wildman–Crippen LogP) is 3.20. The zero-order valence-corrected chi connectivity index (χ0v) is 11.1. The molecule has 1 atom stereocenters. The minimum atomic E-state index is 0.420. The topological polar surface area (TPSA) is 30.7 Å². The van der Waals surface area contributed by atoms with Gasteiger partial charge in [-0.1, -0.05) is 13.8 Å². The highest BCUT2D eigenvalue weighted by Crippen LogP contribution is 2.23. The van der Waals surface area contributed by atoms with Gasteiger partial charge in [-0.3, -0.25) is 4.57 Å². The van der Waals surface area contributed by atoms with Gasteiger partial charge < -0.3 is 0 Å². The maximum Gasteiger partial charge on any atom is 0.225 e. The van der Waals surface area contributed by atoms with Crippen LogP contribution in [0.2, 0.25) is 5.28 Å². The van der Waals surface area contributed by atoms with Gasteiger partial charge >= 0.3 is 0 Å². The lowest BCUT2D eigenvalue weighted by atomic mass is 10.2. The molecule has 0 spiro atoms. The van der Waals surface area contributed by atoms with Gasteiger partial charge in [0, 0.05) is 18.2 Å². The third kappa shape index (κ3) is 3.11. The molecule has 0 N–H and O–H groups in total. The Bertz CT molecular complexity index is 301. The van der Waals surface area contributed by atoms with Crippen LogP contribution in [0.4, 0.5) is 0 Å². The van der Waals surface area contributed by atoms with Gasteiger partial charge in [-0.15, -0.1) is 10.2 Å². The van der Waals surface area contributed by atoms with E-state index in [1.54, 1.807) is 0 Å². The van der Waals surface area contributed by atoms with Crippen molar-refractivity contribution in [3.63, 3.8) is 0 Å². The highest BCUT2D eigenvalue weighted by atomic mass is 35.5. The molecule has 0 radical (unpaired) electrons. The van der Waals surface area contributed by atoms with Crippen molar-refractivity contribution in [3.05, 3.63) is 11.1 Å². The molecule has 1 heterocycles. The molecule has 0 aliphatic rings. The number of thioether (sulfide) groups is 1. The van der Waals surface area contributed by atoms with Crippen LogP contribution in [-0.2, 0) is 6.42 Å². The van der Waals surface area contributed by atoms with Gasteiger partial charge in [-0.25, -0.2) is 0 Å². The van der Waals surface area contributed by atoms with Gasteiger partial charge in [0.1, 0.15) is 5.82 Å². The fourth-order valence-electron chi connectivity index (χ4n) is 1.62. The third-order valence-electron chi connectivity index (χ3n) is 2.39. The summed E-state index contributed by atoms with van der Waals surface area (Å²) in [5.74, 6) is 2.08. The number of hydrogen-bond donors (Lipinski definition) is 0. The van der Waals surface area contributed by atoms with Crippen molar-refractivity contribution in [2.24, 2.45) is 0 Å². The van der Waals surface area contributed by atoms with Gasteiger partial charge in [0.05, 0.1) is 0 Å². The van der Waals surface area contributed by atoms with Crippen LogP contribution in [0, 0.1) is 0 Å². The summed E-state index contributed by atoms with van der Waals surface area (Å²) in [4.78, 5) is 0. The molecule has 0 saturated carbocycles. The summed E-state index contributed by atoms with van der Waals surface area (Å²) >= 11 is 7.90. The van der Waals surface area contributed by atoms with E-state index in [9.17, 15) is 0 Å². The highest BCUT2D eigenvalue weighted by Gasteiger charge is 2.17. The van der Waals surface area contributed by atoms with E-state index in [-0.39, 0.29) is 0 Å². The number of aryl methyl sites for hydroxylation is 1. The Labute approximate surface area is 101 Å². The molecule has 0 aliphatic heterocycles. The Morgan fingerprint density at radius 2 is 2.13 bits per heavy atom. The van der Waals surface area contributed by atoms with Crippen molar-refractivity contribution in [1.82, 2.24) is 14.8 Å². The zero-order chi connectivity index (χ0) is 11.3. The van der Waals surface area contributed by atoms with Gasteiger partial charge in [-0.05, 0) is 30.7 Å². The Morgan fingerprint density at radius 1 is 1.40 bits per heavy atom. The predicted molar refractivity (Wildman–Crippen MR) is 66.7 cm³/mol. The van der Waals surface area contributed by atoms with Crippen molar-refractivity contribution in [2.75, 3.05) is 12.0 Å². The van der Waals surface area contributed by atoms with E-state index in [1.165, 1.54) is 0 Å². The first-order chi connectivity index (χ1) is 7.24. The van der Waals surface area contributed by atoms with Crippen molar-refractivity contribution >= 4 is 23.4 Å². The second-order valence-corrected chi connectivity index (χ2v) is 4.77. The minimum absolute atomic E-state index is 0.420. The summed E-state index contributed by atoms with van der Waals surface area (Å²) in [6.07, 6.45) is 5.20. The smallest absolute Gasteiger partial charge is 0.225 e. The standard InChI is InChI=1S/C10H18ClN3S/c1-4-6-9-12-13-10(11)14(9)8(5-2)7-15-3/h8H,4-7H2,1-3H3. The second kappa shape index (κ2) is 6.38. The largest absolute Gasteiger partial charge is 0.298 e. The summed E-state index contributed by atoms with van der Waals surface area (Å²) in [6, 6.07) is 0.420. The van der Waals surface area contributed by atoms with E-state index in [2.05, 4.69) is 34.9 Å². The van der Waals surface area contributed by atoms with Crippen LogP contribution >= 0.6 is 23.4 Å². The van der Waals surface area contributed by atoms with Crippen molar-refractivity contribution in [2.45, 2.75) is 39.2 Å². The molecule has 1 aromatic heterocycles. The maximum atomic E-state index is 6.07. The molecule has 0 fully saturated rings. The Morgan fingerprint density at radius 3 is 2.67 bits per heavy atom. The lowest BCUT2D eigenvalue weighted by Crippen LogP contribution is -2.14. The summed E-state index contributed by atoms with van der Waals surface area (Å²) in [7, 11) is 0. The molecule has 0 saturated heterocycles. The lowest BCUT2D eigenvalue weighted by Gasteiger charge is -2.18. The fraction of sp³-hybridized carbons (Fsp3) is 0.800. The normalized spacial score (nSPS) is 13.1. The van der Waals surface area contributed by atoms with Crippen molar-refractivity contribution in [3.8, 4) is 0 Å². The van der Waals surface area contributed by atoms with Gasteiger partial charge in [-0.2, -0.15) is 11.8 Å². The van der Waals surface area contributed by atoms with Crippen LogP contribution in [0.5, 0.6) is 0 Å². The molecule has 0 bridgehead atoms. The van der Waals surface area contributed by atoms with E-state index in [1.807, 2.05) is 11.8 Å². The van der Waals surface area contributed by atoms with Crippen LogP contribution in [0.25, 0.3) is 0 Å². The molecule has 0 aliphatic carbocycles. The zero-order valence-electron chi connectivity index (χ0n) is 9.53. The first-order valence-corrected chi connectivity index (χ1v) is 7.09. The first-order valence-electron chi connectivity index (χ1n) is 5.32. The molecule has 3 nitrogen and oxygen atoms in total. The second-order valence-electron chi connectivity index (χ2n) is 3.52. The van der Waals surface area contributed by atoms with E-state index in [0.717, 1.165) is 30.8 Å². The summed E-state index contributed by atoms with van der Waals surface area (Å²) in [5.41, 5.74) is 0. The maximum absolute atomic E-state index is 6.07. The Hall–Kier alpha value is -0.220. The number of hydrogen-bond acceptors (Lipinski definition) is 3. The monoisotopic (exact) mass is 247 g/mol. The fourth-order valence-corrected chi connectivity index (χ4v) is 2.67. The van der Waals surface area contributed by atoms with Crippen LogP contribution in [0.15, 0.2) is 0 Å². The third-order valence-corrected chi connectivity index (χ3v) is 3.37.